The minimum absolute atomic E-state index is 0.0381. The third-order valence-corrected chi connectivity index (χ3v) is 3.16. The number of alkyl halides is 3. The number of nitrogens with zero attached hydrogens (tertiary/aromatic N) is 1. The highest BCUT2D eigenvalue weighted by atomic mass is 19.4. The van der Waals surface area contributed by atoms with Gasteiger partial charge in [-0.2, -0.15) is 13.2 Å². The maximum atomic E-state index is 12.1. The van der Waals surface area contributed by atoms with Gasteiger partial charge in [0.25, 0.3) is 0 Å². The van der Waals surface area contributed by atoms with E-state index in [2.05, 4.69) is 5.32 Å². The fourth-order valence-corrected chi connectivity index (χ4v) is 2.29. The van der Waals surface area contributed by atoms with E-state index in [1.807, 2.05) is 30.3 Å². The molecule has 0 aliphatic carbocycles. The molecule has 1 heterocycles. The van der Waals surface area contributed by atoms with Crippen molar-refractivity contribution in [1.82, 2.24) is 10.2 Å². The molecule has 1 saturated heterocycles. The first kappa shape index (κ1) is 15.3. The van der Waals surface area contributed by atoms with E-state index in [4.69, 9.17) is 0 Å². The summed E-state index contributed by atoms with van der Waals surface area (Å²) >= 11 is 0. The number of hydrogen-bond donors (Lipinski definition) is 1. The Balaban J connectivity index is 1.86. The number of rotatable bonds is 4. The molecular weight excluding hydrogens is 285 g/mol. The van der Waals surface area contributed by atoms with E-state index < -0.39 is 24.5 Å². The van der Waals surface area contributed by atoms with Gasteiger partial charge in [0.2, 0.25) is 11.8 Å². The lowest BCUT2D eigenvalue weighted by molar-refractivity contribution is -0.154. The molecule has 0 aromatic heterocycles. The number of halogens is 3. The van der Waals surface area contributed by atoms with E-state index >= 15 is 0 Å². The number of likely N-dealkylation sites (tertiary alicyclic amines) is 1. The predicted octanol–water partition coefficient (Wildman–Crippen LogP) is 1.86. The first-order valence-corrected chi connectivity index (χ1v) is 6.51. The fraction of sp³-hybridized carbons (Fsp3) is 0.429. The summed E-state index contributed by atoms with van der Waals surface area (Å²) < 4.78 is 36.2. The maximum Gasteiger partial charge on any atom is 0.397 e. The lowest BCUT2D eigenvalue weighted by Crippen LogP contribution is -2.38. The van der Waals surface area contributed by atoms with E-state index in [9.17, 15) is 22.8 Å². The molecule has 2 rings (SSSR count). The lowest BCUT2D eigenvalue weighted by atomic mass is 10.2. The smallest absolute Gasteiger partial charge is 0.351 e. The Morgan fingerprint density at radius 3 is 2.57 bits per heavy atom. The van der Waals surface area contributed by atoms with Crippen molar-refractivity contribution in [2.45, 2.75) is 31.6 Å². The van der Waals surface area contributed by atoms with Gasteiger partial charge in [0.05, 0.1) is 6.04 Å². The molecule has 0 saturated carbocycles. The Kier molecular flexibility index (Phi) is 4.50. The number of hydrogen-bond acceptors (Lipinski definition) is 2. The Labute approximate surface area is 119 Å². The normalized spacial score (nSPS) is 18.9. The molecule has 1 N–H and O–H groups in total. The molecular formula is C14H15F3N2O2. The van der Waals surface area contributed by atoms with Crippen molar-refractivity contribution in [1.29, 1.82) is 0 Å². The SMILES string of the molecule is O=C(CC(F)(F)F)NC1CC(=O)N(Cc2ccccc2)C1. The van der Waals surface area contributed by atoms with E-state index in [1.54, 1.807) is 0 Å². The summed E-state index contributed by atoms with van der Waals surface area (Å²) in [7, 11) is 0. The van der Waals surface area contributed by atoms with Gasteiger partial charge in [-0.15, -0.1) is 0 Å². The van der Waals surface area contributed by atoms with Crippen LogP contribution in [0.5, 0.6) is 0 Å². The summed E-state index contributed by atoms with van der Waals surface area (Å²) in [5.74, 6) is -1.27. The molecule has 21 heavy (non-hydrogen) atoms. The molecule has 1 aliphatic heterocycles. The molecule has 2 amide bonds. The molecule has 0 spiro atoms. The third-order valence-electron chi connectivity index (χ3n) is 3.16. The van der Waals surface area contributed by atoms with Crippen LogP contribution in [-0.4, -0.2) is 35.5 Å². The molecule has 7 heteroatoms. The van der Waals surface area contributed by atoms with Gasteiger partial charge in [-0.3, -0.25) is 9.59 Å². The van der Waals surface area contributed by atoms with Gasteiger partial charge in [0, 0.05) is 19.5 Å². The van der Waals surface area contributed by atoms with Crippen molar-refractivity contribution in [3.05, 3.63) is 35.9 Å². The van der Waals surface area contributed by atoms with Crippen LogP contribution in [0.3, 0.4) is 0 Å². The van der Waals surface area contributed by atoms with Gasteiger partial charge in [-0.25, -0.2) is 0 Å². The molecule has 114 valence electrons. The molecule has 0 bridgehead atoms. The number of benzene rings is 1. The highest BCUT2D eigenvalue weighted by Crippen LogP contribution is 2.20. The molecule has 1 atom stereocenters. The summed E-state index contributed by atoms with van der Waals surface area (Å²) in [4.78, 5) is 24.6. The lowest BCUT2D eigenvalue weighted by Gasteiger charge is -2.17. The molecule has 1 aliphatic rings. The second-order valence-corrected chi connectivity index (χ2v) is 5.02. The maximum absolute atomic E-state index is 12.1. The van der Waals surface area contributed by atoms with Crippen molar-refractivity contribution in [3.63, 3.8) is 0 Å². The molecule has 1 aromatic rings. The zero-order valence-corrected chi connectivity index (χ0v) is 11.2. The van der Waals surface area contributed by atoms with Crippen LogP contribution in [0.25, 0.3) is 0 Å². The summed E-state index contributed by atoms with van der Waals surface area (Å²) in [6, 6.07) is 8.72. The Bertz CT molecular complexity index is 517. The number of amides is 2. The minimum atomic E-state index is -4.53. The zero-order valence-electron chi connectivity index (χ0n) is 11.2. The van der Waals surface area contributed by atoms with Gasteiger partial charge in [0.1, 0.15) is 6.42 Å². The highest BCUT2D eigenvalue weighted by Gasteiger charge is 2.35. The number of carbonyl (C=O) groups excluding carboxylic acids is 2. The largest absolute Gasteiger partial charge is 0.397 e. The molecule has 1 fully saturated rings. The third kappa shape index (κ3) is 4.77. The van der Waals surface area contributed by atoms with Gasteiger partial charge in [-0.1, -0.05) is 30.3 Å². The Morgan fingerprint density at radius 2 is 1.95 bits per heavy atom. The Hall–Kier alpha value is -2.05. The van der Waals surface area contributed by atoms with Crippen LogP contribution in [0, 0.1) is 0 Å². The summed E-state index contributed by atoms with van der Waals surface area (Å²) in [6.45, 7) is 0.628. The first-order valence-electron chi connectivity index (χ1n) is 6.51. The average Bonchev–Trinajstić information content (AvgIpc) is 2.68. The topological polar surface area (TPSA) is 49.4 Å². The Morgan fingerprint density at radius 1 is 1.29 bits per heavy atom. The van der Waals surface area contributed by atoms with Gasteiger partial charge >= 0.3 is 6.18 Å². The quantitative estimate of drug-likeness (QED) is 0.922. The van der Waals surface area contributed by atoms with Crippen LogP contribution >= 0.6 is 0 Å². The highest BCUT2D eigenvalue weighted by molar-refractivity contribution is 5.82. The van der Waals surface area contributed by atoms with Gasteiger partial charge in [-0.05, 0) is 5.56 Å². The zero-order chi connectivity index (χ0) is 15.5. The van der Waals surface area contributed by atoms with E-state index in [0.29, 0.717) is 6.54 Å². The first-order chi connectivity index (χ1) is 9.83. The van der Waals surface area contributed by atoms with E-state index in [1.165, 1.54) is 4.90 Å². The second kappa shape index (κ2) is 6.15. The summed E-state index contributed by atoms with van der Waals surface area (Å²) in [6.07, 6.45) is -6.01. The van der Waals surface area contributed by atoms with Crippen molar-refractivity contribution in [2.75, 3.05) is 6.54 Å². The van der Waals surface area contributed by atoms with Crippen molar-refractivity contribution in [3.8, 4) is 0 Å². The van der Waals surface area contributed by atoms with Crippen molar-refractivity contribution >= 4 is 11.8 Å². The van der Waals surface area contributed by atoms with Crippen LogP contribution < -0.4 is 5.32 Å². The standard InChI is InChI=1S/C14H15F3N2O2/c15-14(16,17)7-12(20)18-11-6-13(21)19(9-11)8-10-4-2-1-3-5-10/h1-5,11H,6-9H2,(H,18,20). The summed E-state index contributed by atoms with van der Waals surface area (Å²) in [5, 5.41) is 2.26. The summed E-state index contributed by atoms with van der Waals surface area (Å²) in [5.41, 5.74) is 0.938. The van der Waals surface area contributed by atoms with Crippen LogP contribution in [0.15, 0.2) is 30.3 Å². The minimum Gasteiger partial charge on any atom is -0.351 e. The van der Waals surface area contributed by atoms with Crippen molar-refractivity contribution in [2.24, 2.45) is 0 Å². The fourth-order valence-electron chi connectivity index (χ4n) is 2.29. The van der Waals surface area contributed by atoms with Gasteiger partial charge in [0.15, 0.2) is 0 Å². The van der Waals surface area contributed by atoms with E-state index in [-0.39, 0.29) is 18.9 Å². The van der Waals surface area contributed by atoms with Crippen LogP contribution in [-0.2, 0) is 16.1 Å². The predicted molar refractivity (Wildman–Crippen MR) is 69.1 cm³/mol. The average molecular weight is 300 g/mol. The molecule has 1 unspecified atom stereocenters. The number of carbonyl (C=O) groups is 2. The monoisotopic (exact) mass is 300 g/mol. The van der Waals surface area contributed by atoms with Gasteiger partial charge < -0.3 is 10.2 Å². The van der Waals surface area contributed by atoms with Crippen molar-refractivity contribution < 1.29 is 22.8 Å². The molecule has 0 radical (unpaired) electrons. The molecule has 1 aromatic carbocycles. The second-order valence-electron chi connectivity index (χ2n) is 5.02. The number of nitrogens with one attached hydrogen (secondary N) is 1. The van der Waals surface area contributed by atoms with Crippen LogP contribution in [0.4, 0.5) is 13.2 Å². The van der Waals surface area contributed by atoms with E-state index in [0.717, 1.165) is 5.56 Å². The molecule has 4 nitrogen and oxygen atoms in total. The van der Waals surface area contributed by atoms with Crippen LogP contribution in [0.1, 0.15) is 18.4 Å². The van der Waals surface area contributed by atoms with Crippen LogP contribution in [0.2, 0.25) is 0 Å².